The molecule has 0 radical (unpaired) electrons. The first-order valence-corrected chi connectivity index (χ1v) is 7.39. The third-order valence-electron chi connectivity index (χ3n) is 4.53. The van der Waals surface area contributed by atoms with Gasteiger partial charge in [0, 0.05) is 30.9 Å². The molecule has 2 atom stereocenters. The molecule has 3 heteroatoms. The zero-order valence-electron chi connectivity index (χ0n) is 11.7. The van der Waals surface area contributed by atoms with Crippen LogP contribution in [0.4, 0.5) is 5.69 Å². The molecule has 0 amide bonds. The minimum Gasteiger partial charge on any atom is -0.380 e. The zero-order valence-corrected chi connectivity index (χ0v) is 11.7. The SMILES string of the molecule is COCc1cccc(N2C3CCCC2CC(N)C3)c1. The van der Waals surface area contributed by atoms with Gasteiger partial charge in [-0.1, -0.05) is 12.1 Å². The summed E-state index contributed by atoms with van der Waals surface area (Å²) in [4.78, 5) is 2.63. The van der Waals surface area contributed by atoms with Crippen LogP contribution in [0.5, 0.6) is 0 Å². The Morgan fingerprint density at radius 2 is 2.00 bits per heavy atom. The number of ether oxygens (including phenoxy) is 1. The maximum absolute atomic E-state index is 6.20. The minimum atomic E-state index is 0.397. The van der Waals surface area contributed by atoms with Crippen molar-refractivity contribution in [1.29, 1.82) is 0 Å². The summed E-state index contributed by atoms with van der Waals surface area (Å²) in [6, 6.07) is 10.5. The fraction of sp³-hybridized carbons (Fsp3) is 0.625. The molecule has 2 N–H and O–H groups in total. The number of rotatable bonds is 3. The van der Waals surface area contributed by atoms with Crippen LogP contribution in [-0.2, 0) is 11.3 Å². The molecule has 2 saturated heterocycles. The molecule has 2 bridgehead atoms. The number of fused-ring (bicyclic) bond motifs is 2. The Morgan fingerprint density at radius 1 is 1.26 bits per heavy atom. The van der Waals surface area contributed by atoms with E-state index in [2.05, 4.69) is 29.2 Å². The van der Waals surface area contributed by atoms with Crippen molar-refractivity contribution in [2.75, 3.05) is 12.0 Å². The van der Waals surface area contributed by atoms with Gasteiger partial charge < -0.3 is 15.4 Å². The largest absolute Gasteiger partial charge is 0.380 e. The highest BCUT2D eigenvalue weighted by molar-refractivity contribution is 5.51. The summed E-state index contributed by atoms with van der Waals surface area (Å²) in [6.07, 6.45) is 6.23. The van der Waals surface area contributed by atoms with Crippen LogP contribution < -0.4 is 10.6 Å². The van der Waals surface area contributed by atoms with E-state index >= 15 is 0 Å². The van der Waals surface area contributed by atoms with E-state index in [1.807, 2.05) is 0 Å². The Labute approximate surface area is 115 Å². The molecule has 0 spiro atoms. The second kappa shape index (κ2) is 5.51. The Kier molecular flexibility index (Phi) is 3.76. The number of methoxy groups -OCH3 is 1. The number of nitrogens with zero attached hydrogens (tertiary/aromatic N) is 1. The topological polar surface area (TPSA) is 38.5 Å². The minimum absolute atomic E-state index is 0.397. The molecule has 2 aliphatic heterocycles. The highest BCUT2D eigenvalue weighted by Crippen LogP contribution is 2.37. The molecule has 3 rings (SSSR count). The van der Waals surface area contributed by atoms with Crippen molar-refractivity contribution in [1.82, 2.24) is 0 Å². The Balaban J connectivity index is 1.86. The predicted molar refractivity (Wildman–Crippen MR) is 78.3 cm³/mol. The summed E-state index contributed by atoms with van der Waals surface area (Å²) in [7, 11) is 1.75. The first-order chi connectivity index (χ1) is 9.28. The van der Waals surface area contributed by atoms with Gasteiger partial charge in [0.1, 0.15) is 0 Å². The lowest BCUT2D eigenvalue weighted by Gasteiger charge is -2.49. The summed E-state index contributed by atoms with van der Waals surface area (Å²) in [5.41, 5.74) is 8.81. The van der Waals surface area contributed by atoms with E-state index in [1.54, 1.807) is 7.11 Å². The second-order valence-corrected chi connectivity index (χ2v) is 5.98. The van der Waals surface area contributed by atoms with Crippen LogP contribution in [0.2, 0.25) is 0 Å². The van der Waals surface area contributed by atoms with Gasteiger partial charge in [0.15, 0.2) is 0 Å². The van der Waals surface area contributed by atoms with E-state index in [0.29, 0.717) is 24.7 Å². The number of piperidine rings is 2. The van der Waals surface area contributed by atoms with Gasteiger partial charge in [0.25, 0.3) is 0 Å². The third kappa shape index (κ3) is 2.63. The molecule has 2 unspecified atom stereocenters. The molecular weight excluding hydrogens is 236 g/mol. The van der Waals surface area contributed by atoms with Crippen LogP contribution in [0.1, 0.15) is 37.7 Å². The number of hydrogen-bond donors (Lipinski definition) is 1. The number of nitrogens with two attached hydrogens (primary N) is 1. The van der Waals surface area contributed by atoms with Crippen molar-refractivity contribution in [3.8, 4) is 0 Å². The lowest BCUT2D eigenvalue weighted by Crippen LogP contribution is -2.55. The standard InChI is InChI=1S/C16H24N2O/c1-19-11-12-4-2-5-14(8-12)18-15-6-3-7-16(18)10-13(17)9-15/h2,4-5,8,13,15-16H,3,6-7,9-11,17H2,1H3. The lowest BCUT2D eigenvalue weighted by molar-refractivity contribution is 0.185. The second-order valence-electron chi connectivity index (χ2n) is 5.98. The Morgan fingerprint density at radius 3 is 2.68 bits per heavy atom. The Hall–Kier alpha value is -1.06. The highest BCUT2D eigenvalue weighted by atomic mass is 16.5. The van der Waals surface area contributed by atoms with Gasteiger partial charge in [0.2, 0.25) is 0 Å². The lowest BCUT2D eigenvalue weighted by atomic mass is 9.81. The van der Waals surface area contributed by atoms with E-state index in [4.69, 9.17) is 10.5 Å². The molecule has 0 aliphatic carbocycles. The van der Waals surface area contributed by atoms with Crippen LogP contribution in [0.25, 0.3) is 0 Å². The molecule has 3 nitrogen and oxygen atoms in total. The van der Waals surface area contributed by atoms with Gasteiger partial charge in [-0.3, -0.25) is 0 Å². The molecule has 0 saturated carbocycles. The number of anilines is 1. The van der Waals surface area contributed by atoms with Gasteiger partial charge in [0.05, 0.1) is 6.61 Å². The average Bonchev–Trinajstić information content (AvgIpc) is 2.38. The molecule has 2 fully saturated rings. The van der Waals surface area contributed by atoms with E-state index in [1.165, 1.54) is 30.5 Å². The maximum atomic E-state index is 6.20. The summed E-state index contributed by atoms with van der Waals surface area (Å²) in [5.74, 6) is 0. The fourth-order valence-corrected chi connectivity index (χ4v) is 3.82. The first kappa shape index (κ1) is 12.9. The van der Waals surface area contributed by atoms with E-state index in [0.717, 1.165) is 12.8 Å². The van der Waals surface area contributed by atoms with Crippen molar-refractivity contribution in [3.63, 3.8) is 0 Å². The molecule has 19 heavy (non-hydrogen) atoms. The van der Waals surface area contributed by atoms with Crippen molar-refractivity contribution in [2.45, 2.75) is 56.8 Å². The molecule has 1 aromatic carbocycles. The number of benzene rings is 1. The average molecular weight is 260 g/mol. The maximum Gasteiger partial charge on any atom is 0.0713 e. The molecule has 2 heterocycles. The number of hydrogen-bond acceptors (Lipinski definition) is 3. The van der Waals surface area contributed by atoms with Crippen LogP contribution in [0.3, 0.4) is 0 Å². The molecule has 1 aromatic rings. The predicted octanol–water partition coefficient (Wildman–Crippen LogP) is 2.68. The summed E-state index contributed by atoms with van der Waals surface area (Å²) in [6.45, 7) is 0.691. The van der Waals surface area contributed by atoms with E-state index in [9.17, 15) is 0 Å². The molecule has 2 aliphatic rings. The van der Waals surface area contributed by atoms with Gasteiger partial charge in [-0.25, -0.2) is 0 Å². The monoisotopic (exact) mass is 260 g/mol. The molecule has 104 valence electrons. The summed E-state index contributed by atoms with van der Waals surface area (Å²) >= 11 is 0. The third-order valence-corrected chi connectivity index (χ3v) is 4.53. The Bertz CT molecular complexity index is 421. The highest BCUT2D eigenvalue weighted by Gasteiger charge is 2.36. The van der Waals surface area contributed by atoms with Gasteiger partial charge in [-0.05, 0) is 49.8 Å². The van der Waals surface area contributed by atoms with E-state index in [-0.39, 0.29) is 0 Å². The summed E-state index contributed by atoms with van der Waals surface area (Å²) < 4.78 is 5.24. The first-order valence-electron chi connectivity index (χ1n) is 7.39. The quantitative estimate of drug-likeness (QED) is 0.908. The van der Waals surface area contributed by atoms with Crippen molar-refractivity contribution < 1.29 is 4.74 Å². The smallest absolute Gasteiger partial charge is 0.0713 e. The van der Waals surface area contributed by atoms with Crippen LogP contribution >= 0.6 is 0 Å². The van der Waals surface area contributed by atoms with Crippen molar-refractivity contribution >= 4 is 5.69 Å². The van der Waals surface area contributed by atoms with Gasteiger partial charge >= 0.3 is 0 Å². The van der Waals surface area contributed by atoms with Crippen LogP contribution in [0, 0.1) is 0 Å². The van der Waals surface area contributed by atoms with Crippen molar-refractivity contribution in [2.24, 2.45) is 5.73 Å². The zero-order chi connectivity index (χ0) is 13.2. The normalized spacial score (nSPS) is 30.4. The van der Waals surface area contributed by atoms with Gasteiger partial charge in [-0.2, -0.15) is 0 Å². The van der Waals surface area contributed by atoms with E-state index < -0.39 is 0 Å². The molecular formula is C16H24N2O. The van der Waals surface area contributed by atoms with Crippen LogP contribution in [0.15, 0.2) is 24.3 Å². The van der Waals surface area contributed by atoms with Crippen molar-refractivity contribution in [3.05, 3.63) is 29.8 Å². The van der Waals surface area contributed by atoms with Gasteiger partial charge in [-0.15, -0.1) is 0 Å². The molecule has 0 aromatic heterocycles. The van der Waals surface area contributed by atoms with Crippen LogP contribution in [-0.4, -0.2) is 25.2 Å². The fourth-order valence-electron chi connectivity index (χ4n) is 3.82. The summed E-state index contributed by atoms with van der Waals surface area (Å²) in [5, 5.41) is 0.